The van der Waals surface area contributed by atoms with E-state index in [0.717, 1.165) is 21.8 Å². The van der Waals surface area contributed by atoms with E-state index in [0.29, 0.717) is 5.13 Å². The monoisotopic (exact) mass is 205 g/mol. The molecule has 0 atom stereocenters. The lowest BCUT2D eigenvalue weighted by molar-refractivity contribution is 1.38. The van der Waals surface area contributed by atoms with Gasteiger partial charge in [-0.25, -0.2) is 4.98 Å². The van der Waals surface area contributed by atoms with Gasteiger partial charge in [0.15, 0.2) is 5.13 Å². The highest BCUT2D eigenvalue weighted by atomic mass is 32.1. The quantitative estimate of drug-likeness (QED) is 0.702. The summed E-state index contributed by atoms with van der Waals surface area (Å²) < 4.78 is 0. The van der Waals surface area contributed by atoms with Gasteiger partial charge in [-0.2, -0.15) is 0 Å². The molecule has 72 valence electrons. The fourth-order valence-corrected chi connectivity index (χ4v) is 2.08. The molecule has 1 heterocycles. The Labute approximate surface area is 86.4 Å². The summed E-state index contributed by atoms with van der Waals surface area (Å²) in [5.41, 5.74) is 14.1. The van der Waals surface area contributed by atoms with Crippen LogP contribution in [-0.2, 0) is 0 Å². The zero-order chi connectivity index (χ0) is 10.1. The summed E-state index contributed by atoms with van der Waals surface area (Å²) in [5, 5.41) is 0.584. The van der Waals surface area contributed by atoms with E-state index in [1.807, 2.05) is 31.2 Å². The molecule has 0 fully saturated rings. The normalized spacial score (nSPS) is 10.4. The number of rotatable bonds is 1. The first-order chi connectivity index (χ1) is 6.68. The molecule has 1 aromatic heterocycles. The number of nitrogens with two attached hydrogens (primary N) is 2. The van der Waals surface area contributed by atoms with Crippen molar-refractivity contribution >= 4 is 22.2 Å². The number of nitrogens with zero attached hydrogens (tertiary/aromatic N) is 1. The standard InChI is InChI=1S/C10H11N3S/c1-6-9(13-10(12)14-6)7-4-2-3-5-8(7)11/h2-5H,11H2,1H3,(H2,12,13). The molecule has 0 aliphatic rings. The smallest absolute Gasteiger partial charge is 0.180 e. The zero-order valence-electron chi connectivity index (χ0n) is 7.82. The highest BCUT2D eigenvalue weighted by Crippen LogP contribution is 2.31. The van der Waals surface area contributed by atoms with E-state index < -0.39 is 0 Å². The van der Waals surface area contributed by atoms with Gasteiger partial charge >= 0.3 is 0 Å². The second-order valence-corrected chi connectivity index (χ2v) is 4.28. The number of para-hydroxylation sites is 1. The van der Waals surface area contributed by atoms with Crippen molar-refractivity contribution in [3.05, 3.63) is 29.1 Å². The van der Waals surface area contributed by atoms with E-state index in [1.54, 1.807) is 0 Å². The van der Waals surface area contributed by atoms with E-state index in [4.69, 9.17) is 11.5 Å². The van der Waals surface area contributed by atoms with Crippen molar-refractivity contribution in [2.24, 2.45) is 0 Å². The Morgan fingerprint density at radius 2 is 1.93 bits per heavy atom. The zero-order valence-corrected chi connectivity index (χ0v) is 8.64. The Hall–Kier alpha value is -1.55. The minimum absolute atomic E-state index is 0.584. The Morgan fingerprint density at radius 3 is 2.50 bits per heavy atom. The Balaban J connectivity index is 2.60. The molecular formula is C10H11N3S. The van der Waals surface area contributed by atoms with E-state index in [1.165, 1.54) is 11.3 Å². The molecule has 3 nitrogen and oxygen atoms in total. The fraction of sp³-hybridized carbons (Fsp3) is 0.100. The number of thiazole rings is 1. The van der Waals surface area contributed by atoms with Crippen LogP contribution in [0.3, 0.4) is 0 Å². The summed E-state index contributed by atoms with van der Waals surface area (Å²) in [6.07, 6.45) is 0. The number of hydrogen-bond donors (Lipinski definition) is 2. The first-order valence-electron chi connectivity index (χ1n) is 4.26. The van der Waals surface area contributed by atoms with E-state index >= 15 is 0 Å². The van der Waals surface area contributed by atoms with E-state index in [-0.39, 0.29) is 0 Å². The first kappa shape index (κ1) is 9.02. The Bertz CT molecular complexity index is 462. The maximum atomic E-state index is 5.85. The minimum atomic E-state index is 0.584. The number of benzene rings is 1. The lowest BCUT2D eigenvalue weighted by atomic mass is 10.1. The SMILES string of the molecule is Cc1sc(N)nc1-c1ccccc1N. The molecule has 0 spiro atoms. The van der Waals surface area contributed by atoms with Gasteiger partial charge in [-0.05, 0) is 13.0 Å². The summed E-state index contributed by atoms with van der Waals surface area (Å²) in [6.45, 7) is 2.00. The van der Waals surface area contributed by atoms with Gasteiger partial charge in [-0.1, -0.05) is 18.2 Å². The molecule has 0 bridgehead atoms. The highest BCUT2D eigenvalue weighted by molar-refractivity contribution is 7.15. The molecular weight excluding hydrogens is 194 g/mol. The number of nitrogen functional groups attached to an aromatic ring is 2. The summed E-state index contributed by atoms with van der Waals surface area (Å²) >= 11 is 1.48. The topological polar surface area (TPSA) is 64.9 Å². The second kappa shape index (κ2) is 3.31. The van der Waals surface area contributed by atoms with Crippen molar-refractivity contribution in [2.45, 2.75) is 6.92 Å². The molecule has 14 heavy (non-hydrogen) atoms. The van der Waals surface area contributed by atoms with Crippen LogP contribution in [0.4, 0.5) is 10.8 Å². The van der Waals surface area contributed by atoms with Gasteiger partial charge in [0.1, 0.15) is 0 Å². The molecule has 0 amide bonds. The second-order valence-electron chi connectivity index (χ2n) is 3.04. The average Bonchev–Trinajstić information content (AvgIpc) is 2.46. The summed E-state index contributed by atoms with van der Waals surface area (Å²) in [5.74, 6) is 0. The van der Waals surface area contributed by atoms with Crippen LogP contribution >= 0.6 is 11.3 Å². The first-order valence-corrected chi connectivity index (χ1v) is 5.08. The molecule has 0 unspecified atom stereocenters. The van der Waals surface area contributed by atoms with Crippen LogP contribution in [0.1, 0.15) is 4.88 Å². The maximum Gasteiger partial charge on any atom is 0.180 e. The molecule has 0 saturated carbocycles. The summed E-state index contributed by atoms with van der Waals surface area (Å²) in [7, 11) is 0. The average molecular weight is 205 g/mol. The number of aryl methyl sites for hydroxylation is 1. The Morgan fingerprint density at radius 1 is 1.21 bits per heavy atom. The van der Waals surface area contributed by atoms with E-state index in [2.05, 4.69) is 4.98 Å². The molecule has 4 heteroatoms. The highest BCUT2D eigenvalue weighted by Gasteiger charge is 2.09. The van der Waals surface area contributed by atoms with Gasteiger partial charge in [-0.3, -0.25) is 0 Å². The van der Waals surface area contributed by atoms with Gasteiger partial charge in [0.2, 0.25) is 0 Å². The Kier molecular flexibility index (Phi) is 2.13. The molecule has 0 saturated heterocycles. The molecule has 2 rings (SSSR count). The van der Waals surface area contributed by atoms with Crippen LogP contribution in [0.2, 0.25) is 0 Å². The third-order valence-corrected chi connectivity index (χ3v) is 2.83. The predicted octanol–water partition coefficient (Wildman–Crippen LogP) is 2.28. The molecule has 0 aliphatic heterocycles. The molecule has 4 N–H and O–H groups in total. The molecule has 2 aromatic rings. The molecule has 0 aliphatic carbocycles. The van der Waals surface area contributed by atoms with Gasteiger partial charge < -0.3 is 11.5 Å². The van der Waals surface area contributed by atoms with Crippen LogP contribution in [0.15, 0.2) is 24.3 Å². The molecule has 0 radical (unpaired) electrons. The van der Waals surface area contributed by atoms with Crippen molar-refractivity contribution in [3.63, 3.8) is 0 Å². The lowest BCUT2D eigenvalue weighted by Gasteiger charge is -2.02. The number of aromatic nitrogens is 1. The third kappa shape index (κ3) is 1.44. The van der Waals surface area contributed by atoms with Crippen LogP contribution < -0.4 is 11.5 Å². The largest absolute Gasteiger partial charge is 0.398 e. The van der Waals surface area contributed by atoms with Gasteiger partial charge in [0.25, 0.3) is 0 Å². The van der Waals surface area contributed by atoms with Gasteiger partial charge in [0.05, 0.1) is 5.69 Å². The minimum Gasteiger partial charge on any atom is -0.398 e. The van der Waals surface area contributed by atoms with Crippen molar-refractivity contribution in [1.29, 1.82) is 0 Å². The fourth-order valence-electron chi connectivity index (χ4n) is 1.38. The van der Waals surface area contributed by atoms with Crippen molar-refractivity contribution < 1.29 is 0 Å². The van der Waals surface area contributed by atoms with Gasteiger partial charge in [-0.15, -0.1) is 11.3 Å². The summed E-state index contributed by atoms with van der Waals surface area (Å²) in [6, 6.07) is 7.67. The van der Waals surface area contributed by atoms with Crippen LogP contribution in [-0.4, -0.2) is 4.98 Å². The van der Waals surface area contributed by atoms with Gasteiger partial charge in [0, 0.05) is 16.1 Å². The predicted molar refractivity (Wildman–Crippen MR) is 61.1 cm³/mol. The van der Waals surface area contributed by atoms with Crippen LogP contribution in [0.5, 0.6) is 0 Å². The molecule has 1 aromatic carbocycles. The van der Waals surface area contributed by atoms with E-state index in [9.17, 15) is 0 Å². The van der Waals surface area contributed by atoms with Crippen molar-refractivity contribution in [3.8, 4) is 11.3 Å². The van der Waals surface area contributed by atoms with Crippen LogP contribution in [0.25, 0.3) is 11.3 Å². The van der Waals surface area contributed by atoms with Crippen molar-refractivity contribution in [1.82, 2.24) is 4.98 Å². The maximum absolute atomic E-state index is 5.85. The number of hydrogen-bond acceptors (Lipinski definition) is 4. The third-order valence-electron chi connectivity index (χ3n) is 2.03. The van der Waals surface area contributed by atoms with Crippen LogP contribution in [0, 0.1) is 6.92 Å². The lowest BCUT2D eigenvalue weighted by Crippen LogP contribution is -1.91. The summed E-state index contributed by atoms with van der Waals surface area (Å²) in [4.78, 5) is 5.36. The number of anilines is 2. The van der Waals surface area contributed by atoms with Crippen molar-refractivity contribution in [2.75, 3.05) is 11.5 Å².